The fraction of sp³-hybridized carbons (Fsp3) is 0.500. The average molecular weight is 388 g/mol. The summed E-state index contributed by atoms with van der Waals surface area (Å²) in [5.41, 5.74) is 9.80. The Labute approximate surface area is 175 Å². The molecular weight excluding hydrogens is 354 g/mol. The molecule has 3 nitrogen and oxygen atoms in total. The molecule has 0 atom stereocenters. The topological polar surface area (TPSA) is 12.0 Å². The Bertz CT molecular complexity index is 1130. The van der Waals surface area contributed by atoms with Gasteiger partial charge in [0, 0.05) is 18.4 Å². The van der Waals surface area contributed by atoms with Crippen LogP contribution >= 0.6 is 0 Å². The maximum absolute atomic E-state index is 3.70. The first kappa shape index (κ1) is 18.7. The molecule has 5 rings (SSSR count). The molecule has 0 spiro atoms. The van der Waals surface area contributed by atoms with E-state index in [2.05, 4.69) is 99.3 Å². The third-order valence-corrected chi connectivity index (χ3v) is 7.19. The van der Waals surface area contributed by atoms with Crippen molar-refractivity contribution in [2.75, 3.05) is 11.9 Å². The van der Waals surface area contributed by atoms with Crippen molar-refractivity contribution in [2.45, 2.75) is 71.8 Å². The number of benzene rings is 2. The monoisotopic (exact) mass is 387 g/mol. The standard InChI is InChI=1S/C26H33N3/c1-17(2)15-28-16-29-23-14-19-18(25(3,4)11-12-26(19,5)6)13-22(23)27(7)20-9-8-10-21(28)24(20)29/h8-10,13-14,17H,11-12,15H2,1-7H3. The smallest absolute Gasteiger partial charge is 0.244 e. The van der Waals surface area contributed by atoms with E-state index in [1.165, 1.54) is 52.1 Å². The summed E-state index contributed by atoms with van der Waals surface area (Å²) in [4.78, 5) is 2.38. The third-order valence-electron chi connectivity index (χ3n) is 7.19. The van der Waals surface area contributed by atoms with Crippen LogP contribution in [0.25, 0.3) is 16.7 Å². The highest BCUT2D eigenvalue weighted by Gasteiger charge is 2.38. The molecule has 0 radical (unpaired) electrons. The summed E-state index contributed by atoms with van der Waals surface area (Å²) < 4.78 is 4.63. The van der Waals surface area contributed by atoms with Crippen LogP contribution < -0.4 is 9.47 Å². The van der Waals surface area contributed by atoms with Crippen LogP contribution in [0.1, 0.15) is 65.5 Å². The lowest BCUT2D eigenvalue weighted by Crippen LogP contribution is -2.40. The molecule has 152 valence electrons. The summed E-state index contributed by atoms with van der Waals surface area (Å²) in [6.45, 7) is 15.1. The van der Waals surface area contributed by atoms with Gasteiger partial charge < -0.3 is 14.0 Å². The van der Waals surface area contributed by atoms with Crippen LogP contribution in [0.4, 0.5) is 11.4 Å². The number of nitrogens with zero attached hydrogens (tertiary/aromatic N) is 3. The molecule has 1 aliphatic heterocycles. The third kappa shape index (κ3) is 2.59. The number of hydrogen-bond acceptors (Lipinski definition) is 1. The lowest BCUT2D eigenvalue weighted by Gasteiger charge is -2.44. The molecule has 0 saturated carbocycles. The molecule has 29 heavy (non-hydrogen) atoms. The van der Waals surface area contributed by atoms with E-state index < -0.39 is 0 Å². The van der Waals surface area contributed by atoms with Crippen LogP contribution in [0.3, 0.4) is 0 Å². The van der Waals surface area contributed by atoms with Gasteiger partial charge in [-0.2, -0.15) is 0 Å². The summed E-state index contributed by atoms with van der Waals surface area (Å²) in [6.07, 6.45) is 6.17. The van der Waals surface area contributed by atoms with Crippen LogP contribution in [0.5, 0.6) is 0 Å². The largest absolute Gasteiger partial charge is 0.354 e. The van der Waals surface area contributed by atoms with Crippen molar-refractivity contribution < 1.29 is 4.57 Å². The Morgan fingerprint density at radius 3 is 2.31 bits per heavy atom. The Hall–Kier alpha value is -2.29. The molecule has 3 heteroatoms. The molecule has 3 aromatic rings. The fourth-order valence-electron chi connectivity index (χ4n) is 5.31. The highest BCUT2D eigenvalue weighted by atomic mass is 15.2. The SMILES string of the molecule is CC(C)Cn1[c-][n+]2c3c(cccc31)N(C)c1cc3c(cc1-2)C(C)(C)CCC3(C)C. The van der Waals surface area contributed by atoms with Crippen molar-refractivity contribution in [3.8, 4) is 5.69 Å². The van der Waals surface area contributed by atoms with Gasteiger partial charge in [-0.3, -0.25) is 0 Å². The van der Waals surface area contributed by atoms with Gasteiger partial charge in [-0.25, -0.2) is 0 Å². The van der Waals surface area contributed by atoms with Crippen LogP contribution in [-0.4, -0.2) is 11.6 Å². The molecule has 2 heterocycles. The van der Waals surface area contributed by atoms with Crippen LogP contribution in [-0.2, 0) is 17.4 Å². The fourth-order valence-corrected chi connectivity index (χ4v) is 5.31. The van der Waals surface area contributed by atoms with Crippen molar-refractivity contribution in [3.63, 3.8) is 0 Å². The minimum Gasteiger partial charge on any atom is -0.354 e. The van der Waals surface area contributed by atoms with Gasteiger partial charge in [0.25, 0.3) is 0 Å². The second-order valence-electron chi connectivity index (χ2n) is 10.8. The van der Waals surface area contributed by atoms with Gasteiger partial charge in [-0.15, -0.1) is 0 Å². The minimum atomic E-state index is 0.204. The Morgan fingerprint density at radius 2 is 1.66 bits per heavy atom. The zero-order valence-corrected chi connectivity index (χ0v) is 18.9. The predicted molar refractivity (Wildman–Crippen MR) is 120 cm³/mol. The number of rotatable bonds is 2. The molecule has 1 aliphatic carbocycles. The van der Waals surface area contributed by atoms with Crippen molar-refractivity contribution in [1.29, 1.82) is 0 Å². The molecule has 0 fully saturated rings. The number of imidazole rings is 1. The van der Waals surface area contributed by atoms with E-state index in [-0.39, 0.29) is 10.8 Å². The summed E-state index contributed by atoms with van der Waals surface area (Å²) in [6, 6.07) is 11.6. The van der Waals surface area contributed by atoms with Gasteiger partial charge in [-0.05, 0) is 52.8 Å². The van der Waals surface area contributed by atoms with Crippen LogP contribution in [0.2, 0.25) is 0 Å². The Balaban J connectivity index is 1.83. The molecule has 0 saturated heterocycles. The van der Waals surface area contributed by atoms with E-state index in [1.54, 1.807) is 0 Å². The van der Waals surface area contributed by atoms with E-state index in [1.807, 2.05) is 0 Å². The van der Waals surface area contributed by atoms with Crippen molar-refractivity contribution in [2.24, 2.45) is 5.92 Å². The van der Waals surface area contributed by atoms with Gasteiger partial charge >= 0.3 is 0 Å². The zero-order chi connectivity index (χ0) is 20.7. The maximum atomic E-state index is 3.70. The van der Waals surface area contributed by atoms with E-state index in [4.69, 9.17) is 0 Å². The van der Waals surface area contributed by atoms with Crippen LogP contribution in [0.15, 0.2) is 30.3 Å². The van der Waals surface area contributed by atoms with E-state index in [0.29, 0.717) is 5.92 Å². The molecule has 0 amide bonds. The van der Waals surface area contributed by atoms with Gasteiger partial charge in [0.05, 0.1) is 23.3 Å². The van der Waals surface area contributed by atoms with Gasteiger partial charge in [0.15, 0.2) is 0 Å². The molecular formula is C26H33N3. The lowest BCUT2D eigenvalue weighted by molar-refractivity contribution is -0.572. The maximum Gasteiger partial charge on any atom is 0.244 e. The molecule has 0 unspecified atom stereocenters. The minimum absolute atomic E-state index is 0.204. The second-order valence-corrected chi connectivity index (χ2v) is 10.8. The van der Waals surface area contributed by atoms with E-state index in [0.717, 1.165) is 6.54 Å². The number of aromatic nitrogens is 2. The zero-order valence-electron chi connectivity index (χ0n) is 18.9. The molecule has 2 aromatic carbocycles. The molecule has 2 aliphatic rings. The summed E-state index contributed by atoms with van der Waals surface area (Å²) in [5.74, 6) is 0.583. The molecule has 0 N–H and O–H groups in total. The van der Waals surface area contributed by atoms with Crippen LogP contribution in [0, 0.1) is 12.2 Å². The number of anilines is 2. The first-order chi connectivity index (χ1) is 13.6. The predicted octanol–water partition coefficient (Wildman–Crippen LogP) is 5.80. The van der Waals surface area contributed by atoms with Gasteiger partial charge in [0.2, 0.25) is 6.33 Å². The average Bonchev–Trinajstić information content (AvgIpc) is 3.01. The Morgan fingerprint density at radius 1 is 1.00 bits per heavy atom. The number of hydrogen-bond donors (Lipinski definition) is 0. The highest BCUT2D eigenvalue weighted by molar-refractivity contribution is 5.92. The normalized spacial score (nSPS) is 18.8. The van der Waals surface area contributed by atoms with E-state index in [9.17, 15) is 0 Å². The second kappa shape index (κ2) is 5.87. The lowest BCUT2D eigenvalue weighted by atomic mass is 9.63. The van der Waals surface area contributed by atoms with Crippen molar-refractivity contribution in [1.82, 2.24) is 4.57 Å². The summed E-state index contributed by atoms with van der Waals surface area (Å²) >= 11 is 0. The first-order valence-corrected chi connectivity index (χ1v) is 11.0. The first-order valence-electron chi connectivity index (χ1n) is 11.0. The van der Waals surface area contributed by atoms with Crippen molar-refractivity contribution in [3.05, 3.63) is 47.8 Å². The number of fused-ring (bicyclic) bond motifs is 3. The molecule has 1 aromatic heterocycles. The summed E-state index contributed by atoms with van der Waals surface area (Å²) in [5, 5.41) is 0. The molecule has 0 bridgehead atoms. The number of para-hydroxylation sites is 1. The quantitative estimate of drug-likeness (QED) is 0.399. The summed E-state index contributed by atoms with van der Waals surface area (Å²) in [7, 11) is 2.21. The van der Waals surface area contributed by atoms with E-state index >= 15 is 0 Å². The van der Waals surface area contributed by atoms with Gasteiger partial charge in [0.1, 0.15) is 0 Å². The highest BCUT2D eigenvalue weighted by Crippen LogP contribution is 2.49. The van der Waals surface area contributed by atoms with Gasteiger partial charge in [-0.1, -0.05) is 59.7 Å². The van der Waals surface area contributed by atoms with Crippen molar-refractivity contribution >= 4 is 22.4 Å². The Kier molecular flexibility index (Phi) is 3.79.